The van der Waals surface area contributed by atoms with Crippen LogP contribution in [0, 0.1) is 0 Å². The molecule has 7 heteroatoms. The van der Waals surface area contributed by atoms with E-state index < -0.39 is 0 Å². The van der Waals surface area contributed by atoms with Gasteiger partial charge in [0, 0.05) is 57.4 Å². The molecule has 0 spiro atoms. The fraction of sp³-hybridized carbons (Fsp3) is 0.682. The van der Waals surface area contributed by atoms with Crippen molar-refractivity contribution < 1.29 is 4.79 Å². The number of nitrogens with zero attached hydrogens (tertiary/aromatic N) is 2. The first-order valence-corrected chi connectivity index (χ1v) is 10.7. The maximum absolute atomic E-state index is 12.3. The molecule has 1 saturated heterocycles. The summed E-state index contributed by atoms with van der Waals surface area (Å²) in [4.78, 5) is 17.2. The van der Waals surface area contributed by atoms with Gasteiger partial charge in [-0.15, -0.1) is 24.8 Å². The van der Waals surface area contributed by atoms with E-state index in [-0.39, 0.29) is 30.7 Å². The van der Waals surface area contributed by atoms with Gasteiger partial charge in [0.25, 0.3) is 5.91 Å². The number of carbonyl (C=O) groups excluding carboxylic acids is 1. The molecule has 0 radical (unpaired) electrons. The minimum atomic E-state index is 0. The van der Waals surface area contributed by atoms with Crippen LogP contribution in [0.3, 0.4) is 0 Å². The van der Waals surface area contributed by atoms with Crippen LogP contribution in [0.2, 0.25) is 0 Å². The topological polar surface area (TPSA) is 47.6 Å². The molecule has 5 nitrogen and oxygen atoms in total. The highest BCUT2D eigenvalue weighted by Crippen LogP contribution is 2.16. The van der Waals surface area contributed by atoms with Crippen molar-refractivity contribution >= 4 is 30.7 Å². The summed E-state index contributed by atoms with van der Waals surface area (Å²) >= 11 is 0. The summed E-state index contributed by atoms with van der Waals surface area (Å²) in [5.74, 6) is 0.0313. The fourth-order valence-electron chi connectivity index (χ4n) is 4.06. The van der Waals surface area contributed by atoms with Crippen LogP contribution in [0.1, 0.15) is 54.4 Å². The molecule has 0 atom stereocenters. The average Bonchev–Trinajstić information content (AvgIpc) is 2.96. The molecule has 29 heavy (non-hydrogen) atoms. The number of hydrogen-bond acceptors (Lipinski definition) is 4. The number of rotatable bonds is 7. The van der Waals surface area contributed by atoms with Crippen molar-refractivity contribution in [3.05, 3.63) is 35.4 Å². The Balaban J connectivity index is 0.00000210. The lowest BCUT2D eigenvalue weighted by Crippen LogP contribution is -2.43. The molecule has 1 saturated carbocycles. The summed E-state index contributed by atoms with van der Waals surface area (Å²) in [6.45, 7) is 7.03. The van der Waals surface area contributed by atoms with Crippen molar-refractivity contribution in [1.82, 2.24) is 20.4 Å². The molecule has 2 fully saturated rings. The Morgan fingerprint density at radius 3 is 2.17 bits per heavy atom. The molecule has 1 aliphatic heterocycles. The number of piperazine rings is 1. The maximum Gasteiger partial charge on any atom is 0.251 e. The predicted molar refractivity (Wildman–Crippen MR) is 126 cm³/mol. The molecular weight excluding hydrogens is 407 g/mol. The maximum atomic E-state index is 12.3. The standard InChI is InChI=1S/C22H36N4O.2ClH/c1-25-14-16-26(17-15-25)18-19-8-10-20(11-9-19)22(27)24-13-12-23-21-6-4-2-3-5-7-21;;/h8-11,21,23H,2-7,12-18H2,1H3,(H,24,27);2*1H. The monoisotopic (exact) mass is 444 g/mol. The Morgan fingerprint density at radius 1 is 0.931 bits per heavy atom. The molecule has 1 amide bonds. The van der Waals surface area contributed by atoms with E-state index in [2.05, 4.69) is 39.6 Å². The Bertz CT molecular complexity index is 569. The number of benzene rings is 1. The van der Waals surface area contributed by atoms with E-state index in [4.69, 9.17) is 0 Å². The molecule has 1 heterocycles. The van der Waals surface area contributed by atoms with Crippen LogP contribution in [-0.2, 0) is 6.54 Å². The largest absolute Gasteiger partial charge is 0.351 e. The second-order valence-corrected chi connectivity index (χ2v) is 8.17. The van der Waals surface area contributed by atoms with E-state index >= 15 is 0 Å². The molecule has 1 aliphatic carbocycles. The summed E-state index contributed by atoms with van der Waals surface area (Å²) in [7, 11) is 2.18. The van der Waals surface area contributed by atoms with Gasteiger partial charge in [0.2, 0.25) is 0 Å². The molecule has 3 rings (SSSR count). The number of likely N-dealkylation sites (N-methyl/N-ethyl adjacent to an activating group) is 1. The molecular formula is C22H38Cl2N4O. The van der Waals surface area contributed by atoms with Crippen molar-refractivity contribution in [3.8, 4) is 0 Å². The van der Waals surface area contributed by atoms with Gasteiger partial charge in [0.05, 0.1) is 0 Å². The number of carbonyl (C=O) groups is 1. The first-order valence-electron chi connectivity index (χ1n) is 10.7. The minimum Gasteiger partial charge on any atom is -0.351 e. The van der Waals surface area contributed by atoms with E-state index in [9.17, 15) is 4.79 Å². The smallest absolute Gasteiger partial charge is 0.251 e. The molecule has 166 valence electrons. The number of hydrogen-bond donors (Lipinski definition) is 2. The molecule has 2 N–H and O–H groups in total. The van der Waals surface area contributed by atoms with Gasteiger partial charge >= 0.3 is 0 Å². The van der Waals surface area contributed by atoms with Crippen LogP contribution >= 0.6 is 24.8 Å². The van der Waals surface area contributed by atoms with Crippen molar-refractivity contribution in [2.24, 2.45) is 0 Å². The van der Waals surface area contributed by atoms with Gasteiger partial charge in [-0.25, -0.2) is 0 Å². The third-order valence-electron chi connectivity index (χ3n) is 5.92. The van der Waals surface area contributed by atoms with Crippen LogP contribution in [0.5, 0.6) is 0 Å². The number of halogens is 2. The Hall–Kier alpha value is -0.850. The van der Waals surface area contributed by atoms with Crippen molar-refractivity contribution in [2.45, 2.75) is 51.1 Å². The lowest BCUT2D eigenvalue weighted by Gasteiger charge is -2.32. The second kappa shape index (κ2) is 14.2. The highest BCUT2D eigenvalue weighted by Gasteiger charge is 2.14. The van der Waals surface area contributed by atoms with E-state index in [1.807, 2.05) is 12.1 Å². The Morgan fingerprint density at radius 2 is 1.55 bits per heavy atom. The summed E-state index contributed by atoms with van der Waals surface area (Å²) in [6, 6.07) is 8.74. The van der Waals surface area contributed by atoms with E-state index in [0.717, 1.165) is 44.8 Å². The SMILES string of the molecule is CN1CCN(Cc2ccc(C(=O)NCCNC3CCCCCC3)cc2)CC1.Cl.Cl. The van der Waals surface area contributed by atoms with Crippen LogP contribution in [0.15, 0.2) is 24.3 Å². The zero-order valence-corrected chi connectivity index (χ0v) is 19.3. The minimum absolute atomic E-state index is 0. The lowest BCUT2D eigenvalue weighted by atomic mass is 10.1. The summed E-state index contributed by atoms with van der Waals surface area (Å²) in [5, 5.41) is 6.64. The first kappa shape index (κ1) is 26.2. The van der Waals surface area contributed by atoms with Gasteiger partial charge in [0.1, 0.15) is 0 Å². The molecule has 2 aliphatic rings. The second-order valence-electron chi connectivity index (χ2n) is 8.17. The summed E-state index contributed by atoms with van der Waals surface area (Å²) < 4.78 is 0. The quantitative estimate of drug-likeness (QED) is 0.500. The van der Waals surface area contributed by atoms with Crippen LogP contribution in [0.4, 0.5) is 0 Å². The molecule has 0 unspecified atom stereocenters. The van der Waals surface area contributed by atoms with E-state index in [1.165, 1.54) is 44.1 Å². The van der Waals surface area contributed by atoms with Crippen LogP contribution in [-0.4, -0.2) is 68.1 Å². The zero-order chi connectivity index (χ0) is 18.9. The van der Waals surface area contributed by atoms with Crippen molar-refractivity contribution in [1.29, 1.82) is 0 Å². The third kappa shape index (κ3) is 9.22. The van der Waals surface area contributed by atoms with Gasteiger partial charge in [-0.05, 0) is 37.6 Å². The number of amides is 1. The first-order chi connectivity index (χ1) is 13.2. The van der Waals surface area contributed by atoms with Gasteiger partial charge in [0.15, 0.2) is 0 Å². The highest BCUT2D eigenvalue weighted by molar-refractivity contribution is 5.94. The predicted octanol–water partition coefficient (Wildman–Crippen LogP) is 3.32. The Labute approximate surface area is 188 Å². The number of nitrogens with one attached hydrogen (secondary N) is 2. The Kier molecular flexibility index (Phi) is 12.8. The van der Waals surface area contributed by atoms with E-state index in [1.54, 1.807) is 0 Å². The molecule has 0 bridgehead atoms. The van der Waals surface area contributed by atoms with Crippen molar-refractivity contribution in [3.63, 3.8) is 0 Å². The molecule has 1 aromatic carbocycles. The average molecular weight is 445 g/mol. The molecule has 1 aromatic rings. The van der Waals surface area contributed by atoms with Gasteiger partial charge in [-0.3, -0.25) is 9.69 Å². The lowest BCUT2D eigenvalue weighted by molar-refractivity contribution is 0.0953. The van der Waals surface area contributed by atoms with E-state index in [0.29, 0.717) is 12.6 Å². The summed E-state index contributed by atoms with van der Waals surface area (Å²) in [6.07, 6.45) is 7.99. The van der Waals surface area contributed by atoms with Gasteiger partial charge in [-0.2, -0.15) is 0 Å². The summed E-state index contributed by atoms with van der Waals surface area (Å²) in [5.41, 5.74) is 2.04. The fourth-order valence-corrected chi connectivity index (χ4v) is 4.06. The van der Waals surface area contributed by atoms with Crippen LogP contribution in [0.25, 0.3) is 0 Å². The zero-order valence-electron chi connectivity index (χ0n) is 17.7. The van der Waals surface area contributed by atoms with Crippen molar-refractivity contribution in [2.75, 3.05) is 46.3 Å². The third-order valence-corrected chi connectivity index (χ3v) is 5.92. The highest BCUT2D eigenvalue weighted by atomic mass is 35.5. The normalized spacial score (nSPS) is 18.9. The van der Waals surface area contributed by atoms with Gasteiger partial charge < -0.3 is 15.5 Å². The van der Waals surface area contributed by atoms with Gasteiger partial charge in [-0.1, -0.05) is 37.8 Å². The van der Waals surface area contributed by atoms with Crippen LogP contribution < -0.4 is 10.6 Å². The molecule has 0 aromatic heterocycles.